The van der Waals surface area contributed by atoms with E-state index >= 15 is 0 Å². The Hall–Kier alpha value is -3.79. The number of esters is 3. The van der Waals surface area contributed by atoms with Gasteiger partial charge >= 0.3 is 33.6 Å². The normalized spacial score (nSPS) is 14.7. The van der Waals surface area contributed by atoms with Crippen molar-refractivity contribution in [3.63, 3.8) is 0 Å². The van der Waals surface area contributed by atoms with Crippen molar-refractivity contribution in [3.8, 4) is 0 Å². The third-order valence-electron chi connectivity index (χ3n) is 16.0. The third kappa shape index (κ3) is 73.3. The van der Waals surface area contributed by atoms with Gasteiger partial charge in [-0.2, -0.15) is 0 Å². The van der Waals surface area contributed by atoms with Crippen molar-refractivity contribution in [1.29, 1.82) is 0 Å². The van der Waals surface area contributed by atoms with Gasteiger partial charge in [0.2, 0.25) is 0 Å². The molecule has 0 rings (SSSR count). The predicted molar refractivity (Wildman–Crippen MR) is 399 cm³/mol. The molecule has 0 aliphatic heterocycles. The van der Waals surface area contributed by atoms with E-state index in [-0.39, 0.29) is 19.3 Å². The van der Waals surface area contributed by atoms with Crippen LogP contribution in [0.3, 0.4) is 0 Å². The highest BCUT2D eigenvalue weighted by atomic mass is 31.2. The molecule has 0 spiro atoms. The molecule has 0 aromatic carbocycles. The number of aliphatic hydroxyl groups excluding tert-OH is 2. The van der Waals surface area contributed by atoms with Crippen LogP contribution in [0.1, 0.15) is 316 Å². The maximum atomic E-state index is 12.9. The Bertz CT molecular complexity index is 2200. The van der Waals surface area contributed by atoms with Crippen LogP contribution >= 0.6 is 15.6 Å². The summed E-state index contributed by atoms with van der Waals surface area (Å²) < 4.78 is 61.0. The molecule has 0 aromatic rings. The largest absolute Gasteiger partial charge is 0.472 e. The lowest BCUT2D eigenvalue weighted by Gasteiger charge is -2.21. The van der Waals surface area contributed by atoms with Gasteiger partial charge in [0.25, 0.3) is 0 Å². The fourth-order valence-electron chi connectivity index (χ4n) is 10.2. The highest BCUT2D eigenvalue weighted by Gasteiger charge is 2.29. The van der Waals surface area contributed by atoms with E-state index in [4.69, 9.17) is 32.3 Å². The molecule has 0 heterocycles. The molecule has 0 bridgehead atoms. The van der Waals surface area contributed by atoms with E-state index in [1.165, 1.54) is 116 Å². The minimum absolute atomic E-state index is 0.104. The number of aliphatic hydroxyl groups is 2. The van der Waals surface area contributed by atoms with E-state index in [1.807, 2.05) is 0 Å². The van der Waals surface area contributed by atoms with Gasteiger partial charge in [-0.25, -0.2) is 9.13 Å². The maximum absolute atomic E-state index is 12.9. The topological polar surface area (TPSA) is 231 Å². The van der Waals surface area contributed by atoms with Gasteiger partial charge in [0.15, 0.2) is 6.10 Å². The number of carbonyl (C=O) groups is 3. The molecule has 5 unspecified atom stereocenters. The van der Waals surface area contributed by atoms with Crippen molar-refractivity contribution < 1.29 is 75.8 Å². The zero-order valence-electron chi connectivity index (χ0n) is 61.0. The van der Waals surface area contributed by atoms with Crippen LogP contribution < -0.4 is 0 Å². The summed E-state index contributed by atoms with van der Waals surface area (Å²) in [6, 6.07) is 0. The fraction of sp³-hybridized carbons (Fsp3) is 0.734. The molecule has 5 atom stereocenters. The summed E-state index contributed by atoms with van der Waals surface area (Å²) in [6.45, 7) is 2.45. The van der Waals surface area contributed by atoms with Crippen molar-refractivity contribution >= 4 is 33.6 Å². The van der Waals surface area contributed by atoms with Crippen LogP contribution in [0.4, 0.5) is 0 Å². The van der Waals surface area contributed by atoms with E-state index < -0.39 is 91.5 Å². The van der Waals surface area contributed by atoms with Gasteiger partial charge in [-0.3, -0.25) is 32.5 Å². The highest BCUT2D eigenvalue weighted by molar-refractivity contribution is 7.47. The molecule has 18 heteroatoms. The van der Waals surface area contributed by atoms with Crippen molar-refractivity contribution in [3.05, 3.63) is 109 Å². The van der Waals surface area contributed by atoms with Gasteiger partial charge in [0, 0.05) is 19.3 Å². The number of hydrogen-bond donors (Lipinski definition) is 4. The SMILES string of the molecule is CC/C=C\C/C=C\C/C=C\C/C=C\C/C=C\C/C=C\CCCCCCCCCCCCCCCCC(=O)OCC(O)COP(=O)(O)OCC(O)COP(=O)(O)OCC(COC(=O)CCCCCCC/C=C\C/C=C\C/C=C\CC)OC(=O)CCCCCCCCCCCCCCC. The maximum Gasteiger partial charge on any atom is 0.472 e. The number of rotatable bonds is 72. The summed E-state index contributed by atoms with van der Waals surface area (Å²) in [5.74, 6) is -1.58. The average Bonchev–Trinajstić information content (AvgIpc) is 1.49. The lowest BCUT2D eigenvalue weighted by atomic mass is 10.0. The molecular weight excluding hydrogens is 1270 g/mol. The van der Waals surface area contributed by atoms with Gasteiger partial charge < -0.3 is 34.2 Å². The van der Waals surface area contributed by atoms with Crippen molar-refractivity contribution in [2.24, 2.45) is 0 Å². The first-order chi connectivity index (χ1) is 47.2. The summed E-state index contributed by atoms with van der Waals surface area (Å²) in [5.41, 5.74) is 0. The van der Waals surface area contributed by atoms with Crippen LogP contribution in [0.15, 0.2) is 109 Å². The van der Waals surface area contributed by atoms with Crippen LogP contribution in [0.2, 0.25) is 0 Å². The molecule has 0 aliphatic rings. The molecule has 97 heavy (non-hydrogen) atoms. The number of ether oxygens (including phenoxy) is 3. The highest BCUT2D eigenvalue weighted by Crippen LogP contribution is 2.45. The molecular formula is C79H138O16P2. The van der Waals surface area contributed by atoms with E-state index in [1.54, 1.807) is 0 Å². The molecule has 0 amide bonds. The van der Waals surface area contributed by atoms with Crippen LogP contribution in [-0.4, -0.2) is 95.9 Å². The molecule has 4 N–H and O–H groups in total. The number of unbranched alkanes of at least 4 members (excludes halogenated alkanes) is 31. The minimum atomic E-state index is -4.92. The summed E-state index contributed by atoms with van der Waals surface area (Å²) in [7, 11) is -9.78. The van der Waals surface area contributed by atoms with Crippen molar-refractivity contribution in [2.75, 3.05) is 39.6 Å². The lowest BCUT2D eigenvalue weighted by molar-refractivity contribution is -0.161. The Balaban J connectivity index is 4.37. The van der Waals surface area contributed by atoms with Crippen LogP contribution in [0.25, 0.3) is 0 Å². The number of hydrogen-bond acceptors (Lipinski definition) is 14. The minimum Gasteiger partial charge on any atom is -0.463 e. The Morgan fingerprint density at radius 3 is 0.866 bits per heavy atom. The zero-order chi connectivity index (χ0) is 70.9. The van der Waals surface area contributed by atoms with Crippen molar-refractivity contribution in [1.82, 2.24) is 0 Å². The van der Waals surface area contributed by atoms with Crippen LogP contribution in [-0.2, 0) is 55.8 Å². The Morgan fingerprint density at radius 2 is 0.546 bits per heavy atom. The van der Waals surface area contributed by atoms with E-state index in [0.29, 0.717) is 19.3 Å². The summed E-state index contributed by atoms with van der Waals surface area (Å²) in [5, 5.41) is 20.6. The lowest BCUT2D eigenvalue weighted by Crippen LogP contribution is -2.30. The monoisotopic (exact) mass is 1400 g/mol. The smallest absolute Gasteiger partial charge is 0.463 e. The van der Waals surface area contributed by atoms with E-state index in [9.17, 15) is 43.5 Å². The molecule has 16 nitrogen and oxygen atoms in total. The van der Waals surface area contributed by atoms with Gasteiger partial charge in [-0.15, -0.1) is 0 Å². The van der Waals surface area contributed by atoms with Gasteiger partial charge in [0.05, 0.1) is 26.4 Å². The fourth-order valence-corrected chi connectivity index (χ4v) is 11.8. The van der Waals surface area contributed by atoms with Gasteiger partial charge in [0.1, 0.15) is 25.4 Å². The van der Waals surface area contributed by atoms with Gasteiger partial charge in [-0.05, 0) is 103 Å². The first-order valence-corrected chi connectivity index (χ1v) is 41.2. The number of phosphoric ester groups is 2. The Labute approximate surface area is 590 Å². The summed E-state index contributed by atoms with van der Waals surface area (Å²) in [4.78, 5) is 58.4. The molecule has 0 aliphatic carbocycles. The number of phosphoric acid groups is 2. The standard InChI is InChI=1S/C79H138O16P2/c1-4-7-10-13-16-19-22-25-27-28-29-30-31-32-33-34-35-36-37-38-39-40-41-42-43-44-46-49-50-53-56-59-62-65-77(82)89-68-74(80)69-91-96(85,86)92-70-75(81)71-93-97(87,88)94-73-76(95-79(84)67-64-61-58-55-52-47-24-21-18-15-12-9-6-3)72-90-78(83)66-63-60-57-54-51-48-45-26-23-20-17-14-11-8-5-2/h7-8,10-11,16-17,19-20,25-27,29-30,32-33,35-36,45,74-76,80-81H,4-6,9,12-15,18,21-24,28,31,34,37-44,46-73H2,1-3H3,(H,85,86)(H,87,88)/b10-7-,11-8-,19-16-,20-17-,27-25-,30-29-,33-32-,36-35-,45-26-. The van der Waals surface area contributed by atoms with Crippen molar-refractivity contribution in [2.45, 2.75) is 334 Å². The van der Waals surface area contributed by atoms with E-state index in [0.717, 1.165) is 141 Å². The van der Waals surface area contributed by atoms with E-state index in [2.05, 4.69) is 130 Å². The first kappa shape index (κ1) is 93.2. The third-order valence-corrected chi connectivity index (χ3v) is 17.9. The molecule has 560 valence electrons. The quantitative estimate of drug-likeness (QED) is 0.0146. The molecule has 0 fully saturated rings. The second-order valence-corrected chi connectivity index (χ2v) is 28.3. The van der Waals surface area contributed by atoms with Crippen LogP contribution in [0.5, 0.6) is 0 Å². The molecule has 0 saturated heterocycles. The first-order valence-electron chi connectivity index (χ1n) is 38.2. The van der Waals surface area contributed by atoms with Gasteiger partial charge in [-0.1, -0.05) is 304 Å². The summed E-state index contributed by atoms with van der Waals surface area (Å²) in [6.07, 6.45) is 83.0. The number of allylic oxidation sites excluding steroid dienone is 18. The summed E-state index contributed by atoms with van der Waals surface area (Å²) >= 11 is 0. The number of carbonyl (C=O) groups excluding carboxylic acids is 3. The second-order valence-electron chi connectivity index (χ2n) is 25.4. The zero-order valence-corrected chi connectivity index (χ0v) is 62.8. The van der Waals surface area contributed by atoms with Crippen LogP contribution in [0, 0.1) is 0 Å². The molecule has 0 radical (unpaired) electrons. The second kappa shape index (κ2) is 72.0. The Kier molecular flexibility index (Phi) is 69.2. The predicted octanol–water partition coefficient (Wildman–Crippen LogP) is 22.0. The Morgan fingerprint density at radius 1 is 0.299 bits per heavy atom. The molecule has 0 saturated carbocycles. The average molecular weight is 1410 g/mol. The molecule has 0 aromatic heterocycles.